The first-order valence-corrected chi connectivity index (χ1v) is 16.1. The van der Waals surface area contributed by atoms with Gasteiger partial charge in [0.25, 0.3) is 11.1 Å². The maximum Gasteiger partial charge on any atom is 0.290 e. The summed E-state index contributed by atoms with van der Waals surface area (Å²) in [4.78, 5) is 36.3. The number of fused-ring (bicyclic) bond motifs is 3. The zero-order valence-corrected chi connectivity index (χ0v) is 27.7. The second kappa shape index (κ2) is 12.0. The predicted octanol–water partition coefficient (Wildman–Crippen LogP) is 4.10. The molecule has 0 radical (unpaired) electrons. The number of rotatable bonds is 7. The normalized spacial score (nSPS) is 18.2. The van der Waals surface area contributed by atoms with Crippen LogP contribution in [0, 0.1) is 5.82 Å². The summed E-state index contributed by atoms with van der Waals surface area (Å²) in [6, 6.07) is 14.9. The fourth-order valence-corrected chi connectivity index (χ4v) is 6.95. The Hall–Kier alpha value is -4.78. The minimum atomic E-state index is -0.646. The molecule has 48 heavy (non-hydrogen) atoms. The van der Waals surface area contributed by atoms with E-state index in [4.69, 9.17) is 0 Å². The average Bonchev–Trinajstić information content (AvgIpc) is 3.62. The van der Waals surface area contributed by atoms with E-state index in [9.17, 15) is 14.7 Å². The summed E-state index contributed by atoms with van der Waals surface area (Å²) in [6.07, 6.45) is 4.51. The number of anilines is 2. The number of halogens is 1. The molecule has 0 amide bonds. The highest BCUT2D eigenvalue weighted by molar-refractivity contribution is 5.83. The molecular formula is C36H39FN8O3. The number of benzene rings is 2. The first-order valence-electron chi connectivity index (χ1n) is 16.1. The van der Waals surface area contributed by atoms with Gasteiger partial charge < -0.3 is 15.3 Å². The molecule has 7 rings (SSSR count). The first-order chi connectivity index (χ1) is 22.9. The highest BCUT2D eigenvalue weighted by Gasteiger charge is 2.41. The van der Waals surface area contributed by atoms with E-state index in [1.54, 1.807) is 37.4 Å². The average molecular weight is 651 g/mol. The Bertz CT molecular complexity index is 2150. The molecule has 2 aromatic carbocycles. The van der Waals surface area contributed by atoms with Crippen LogP contribution in [0.5, 0.6) is 0 Å². The Labute approximate surface area is 277 Å². The Morgan fingerprint density at radius 2 is 1.81 bits per heavy atom. The second-order valence-electron chi connectivity index (χ2n) is 14.0. The smallest absolute Gasteiger partial charge is 0.290 e. The summed E-state index contributed by atoms with van der Waals surface area (Å²) in [5.74, 6) is -0.122. The number of nitrogens with zero attached hydrogens (tertiary/aromatic N) is 7. The molecule has 11 nitrogen and oxygen atoms in total. The van der Waals surface area contributed by atoms with Crippen molar-refractivity contribution in [3.63, 3.8) is 0 Å². The van der Waals surface area contributed by atoms with E-state index >= 15 is 4.39 Å². The van der Waals surface area contributed by atoms with Crippen LogP contribution in [-0.4, -0.2) is 71.7 Å². The van der Waals surface area contributed by atoms with Crippen molar-refractivity contribution in [3.8, 4) is 16.9 Å². The molecule has 2 N–H and O–H groups in total. The lowest BCUT2D eigenvalue weighted by atomic mass is 9.86. The van der Waals surface area contributed by atoms with Gasteiger partial charge in [-0.1, -0.05) is 39.0 Å². The third kappa shape index (κ3) is 5.69. The van der Waals surface area contributed by atoms with Gasteiger partial charge in [-0.3, -0.25) is 14.5 Å². The van der Waals surface area contributed by atoms with Crippen molar-refractivity contribution in [2.24, 2.45) is 7.05 Å². The molecule has 2 bridgehead atoms. The highest BCUT2D eigenvalue weighted by Crippen LogP contribution is 2.32. The number of hydrogen-bond donors (Lipinski definition) is 2. The van der Waals surface area contributed by atoms with Crippen LogP contribution in [0.4, 0.5) is 15.9 Å². The van der Waals surface area contributed by atoms with Gasteiger partial charge in [0, 0.05) is 61.5 Å². The van der Waals surface area contributed by atoms with E-state index < -0.39 is 18.0 Å². The number of aryl methyl sites for hydroxylation is 1. The molecule has 3 aromatic heterocycles. The lowest BCUT2D eigenvalue weighted by Gasteiger charge is -2.31. The Balaban J connectivity index is 1.20. The summed E-state index contributed by atoms with van der Waals surface area (Å²) < 4.78 is 17.7. The Kier molecular flexibility index (Phi) is 7.97. The van der Waals surface area contributed by atoms with E-state index in [1.165, 1.54) is 23.4 Å². The summed E-state index contributed by atoms with van der Waals surface area (Å²) in [5.41, 5.74) is 2.27. The maximum absolute atomic E-state index is 15.4. The lowest BCUT2D eigenvalue weighted by Crippen LogP contribution is -2.43. The number of nitrogens with one attached hydrogen (secondary N) is 1. The van der Waals surface area contributed by atoms with Crippen LogP contribution in [0.1, 0.15) is 43.9 Å². The molecule has 5 aromatic rings. The van der Waals surface area contributed by atoms with Crippen LogP contribution < -0.4 is 16.4 Å². The van der Waals surface area contributed by atoms with Crippen molar-refractivity contribution in [1.82, 2.24) is 34.3 Å². The summed E-state index contributed by atoms with van der Waals surface area (Å²) in [7, 11) is 3.73. The summed E-state index contributed by atoms with van der Waals surface area (Å²) >= 11 is 0. The molecule has 0 aliphatic carbocycles. The van der Waals surface area contributed by atoms with Gasteiger partial charge in [-0.25, -0.2) is 14.1 Å². The van der Waals surface area contributed by atoms with Gasteiger partial charge in [0.15, 0.2) is 0 Å². The number of aliphatic hydroxyl groups is 1. The van der Waals surface area contributed by atoms with Crippen molar-refractivity contribution < 1.29 is 9.50 Å². The highest BCUT2D eigenvalue weighted by atomic mass is 19.1. The topological polar surface area (TPSA) is 121 Å². The number of aromatic nitrogens is 5. The molecule has 248 valence electrons. The largest absolute Gasteiger partial charge is 0.392 e. The van der Waals surface area contributed by atoms with E-state index in [1.807, 2.05) is 39.1 Å². The van der Waals surface area contributed by atoms with Crippen LogP contribution in [0.2, 0.25) is 0 Å². The first kappa shape index (κ1) is 31.8. The molecule has 2 unspecified atom stereocenters. The van der Waals surface area contributed by atoms with Crippen molar-refractivity contribution in [2.75, 3.05) is 25.5 Å². The number of aliphatic hydroxyl groups excluding tert-OH is 1. The summed E-state index contributed by atoms with van der Waals surface area (Å²) in [5, 5.41) is 22.8. The molecule has 12 heteroatoms. The van der Waals surface area contributed by atoms with Crippen molar-refractivity contribution in [3.05, 3.63) is 104 Å². The molecule has 5 heterocycles. The third-order valence-corrected chi connectivity index (χ3v) is 9.68. The molecule has 2 aliphatic rings. The van der Waals surface area contributed by atoms with Gasteiger partial charge in [0.05, 0.1) is 29.6 Å². The number of likely N-dealkylation sites (tertiary alicyclic amines) is 2. The minimum absolute atomic E-state index is 0.0854. The van der Waals surface area contributed by atoms with Gasteiger partial charge in [0.1, 0.15) is 17.3 Å². The number of hydrogen-bond acceptors (Lipinski definition) is 9. The molecule has 2 saturated heterocycles. The van der Waals surface area contributed by atoms with Gasteiger partial charge >= 0.3 is 0 Å². The van der Waals surface area contributed by atoms with Crippen molar-refractivity contribution in [1.29, 1.82) is 0 Å². The molecule has 2 aliphatic heterocycles. The fourth-order valence-electron chi connectivity index (χ4n) is 6.95. The van der Waals surface area contributed by atoms with Crippen LogP contribution in [0.3, 0.4) is 0 Å². The van der Waals surface area contributed by atoms with Crippen LogP contribution in [0.15, 0.2) is 70.5 Å². The van der Waals surface area contributed by atoms with Gasteiger partial charge in [-0.2, -0.15) is 14.9 Å². The minimum Gasteiger partial charge on any atom is -0.392 e. The van der Waals surface area contributed by atoms with E-state index in [-0.39, 0.29) is 27.7 Å². The number of piperazine rings is 1. The van der Waals surface area contributed by atoms with E-state index in [0.717, 1.165) is 35.4 Å². The Morgan fingerprint density at radius 3 is 2.48 bits per heavy atom. The zero-order valence-electron chi connectivity index (χ0n) is 27.7. The maximum atomic E-state index is 15.4. The zero-order chi connectivity index (χ0) is 33.9. The van der Waals surface area contributed by atoms with Crippen molar-refractivity contribution >= 4 is 22.3 Å². The quantitative estimate of drug-likeness (QED) is 0.268. The van der Waals surface area contributed by atoms with Gasteiger partial charge in [-0.15, -0.1) is 0 Å². The fraction of sp³-hybridized carbons (Fsp3) is 0.361. The van der Waals surface area contributed by atoms with E-state index in [2.05, 4.69) is 37.3 Å². The number of likely N-dealkylation sites (N-methyl/N-ethyl adjacent to an activating group) is 1. The van der Waals surface area contributed by atoms with Crippen LogP contribution >= 0.6 is 0 Å². The lowest BCUT2D eigenvalue weighted by molar-refractivity contribution is 0.143. The van der Waals surface area contributed by atoms with Crippen LogP contribution in [0.25, 0.3) is 27.7 Å². The molecule has 2 atom stereocenters. The summed E-state index contributed by atoms with van der Waals surface area (Å²) in [6.45, 7) is 8.45. The van der Waals surface area contributed by atoms with Crippen LogP contribution in [-0.2, 0) is 25.6 Å². The van der Waals surface area contributed by atoms with E-state index in [0.29, 0.717) is 40.1 Å². The monoisotopic (exact) mass is 650 g/mol. The Morgan fingerprint density at radius 1 is 1.00 bits per heavy atom. The number of pyridine rings is 1. The molecule has 2 fully saturated rings. The molecule has 0 spiro atoms. The molecule has 0 saturated carbocycles. The SMILES string of the molecule is CN1CC2CC1CN2Cc1ccc(Nc2cc(-c3cccc(-n4ncc5cc(C(C)(C)C)cc(F)c5c4=O)c3CO)nn(C)c2=O)nc1. The van der Waals surface area contributed by atoms with Crippen molar-refractivity contribution in [2.45, 2.75) is 57.8 Å². The predicted molar refractivity (Wildman–Crippen MR) is 183 cm³/mol. The molecular weight excluding hydrogens is 611 g/mol. The second-order valence-corrected chi connectivity index (χ2v) is 14.0. The van der Waals surface area contributed by atoms with Gasteiger partial charge in [-0.05, 0) is 60.3 Å². The van der Waals surface area contributed by atoms with Gasteiger partial charge in [0.2, 0.25) is 0 Å². The standard InChI is InChI=1S/C36H39FN8O3/c1-36(2,3)23-11-22-16-39-45(35(48)33(22)28(37)12-23)31-8-6-7-26(27(31)20-46)29-14-30(34(47)43(5)41-29)40-32-10-9-21(15-38-32)17-44-19-24-13-25(44)18-42(24)4/h6-12,14-16,24-25,46H,13,17-20H2,1-5H3,(H,38,40). The third-order valence-electron chi connectivity index (χ3n) is 9.68.